The third-order valence-corrected chi connectivity index (χ3v) is 5.47. The number of fused-ring (bicyclic) bond motifs is 1. The highest BCUT2D eigenvalue weighted by Gasteiger charge is 2.38. The number of carbonyl (C=O) groups excluding carboxylic acids is 2. The summed E-state index contributed by atoms with van der Waals surface area (Å²) in [4.78, 5) is 25.7. The van der Waals surface area contributed by atoms with E-state index >= 15 is 0 Å². The molecule has 4 rings (SSSR count). The first-order valence-electron chi connectivity index (χ1n) is 10.0. The van der Waals surface area contributed by atoms with E-state index < -0.39 is 12.8 Å². The summed E-state index contributed by atoms with van der Waals surface area (Å²) in [6.45, 7) is 1.07. The number of ketones is 2. The Morgan fingerprint density at radius 1 is 1.17 bits per heavy atom. The van der Waals surface area contributed by atoms with Gasteiger partial charge < -0.3 is 4.74 Å². The highest BCUT2D eigenvalue weighted by molar-refractivity contribution is 6.04. The van der Waals surface area contributed by atoms with Crippen molar-refractivity contribution in [1.82, 2.24) is 9.78 Å². The molecule has 30 heavy (non-hydrogen) atoms. The number of carbonyl (C=O) groups is 2. The lowest BCUT2D eigenvalue weighted by Gasteiger charge is -2.16. The molecule has 1 aromatic heterocycles. The first-order valence-corrected chi connectivity index (χ1v) is 10.0. The van der Waals surface area contributed by atoms with Crippen molar-refractivity contribution in [3.63, 3.8) is 0 Å². The number of ether oxygens (including phenoxy) is 1. The number of aryl methyl sites for hydroxylation is 1. The highest BCUT2D eigenvalue weighted by atomic mass is 19.1. The van der Waals surface area contributed by atoms with E-state index in [4.69, 9.17) is 4.74 Å². The predicted molar refractivity (Wildman–Crippen MR) is 111 cm³/mol. The van der Waals surface area contributed by atoms with Gasteiger partial charge in [-0.15, -0.1) is 0 Å². The van der Waals surface area contributed by atoms with Crippen LogP contribution in [0.3, 0.4) is 0 Å². The van der Waals surface area contributed by atoms with Gasteiger partial charge in [0, 0.05) is 37.2 Å². The molecule has 5 nitrogen and oxygen atoms in total. The summed E-state index contributed by atoms with van der Waals surface area (Å²) < 4.78 is 21.4. The summed E-state index contributed by atoms with van der Waals surface area (Å²) in [7, 11) is 1.79. The SMILES string of the molecule is CCC(=O)c1cc(C(=O)Cc2cnn(C)c2)cc2c1O[C@@H](CF)[C@@H]2c1ccccc1. The van der Waals surface area contributed by atoms with Crippen LogP contribution >= 0.6 is 0 Å². The molecule has 0 N–H and O–H groups in total. The van der Waals surface area contributed by atoms with Gasteiger partial charge in [-0.1, -0.05) is 37.3 Å². The average molecular weight is 406 g/mol. The summed E-state index contributed by atoms with van der Waals surface area (Å²) in [5, 5.41) is 4.10. The van der Waals surface area contributed by atoms with Crippen molar-refractivity contribution in [2.75, 3.05) is 6.67 Å². The van der Waals surface area contributed by atoms with Gasteiger partial charge in [0.15, 0.2) is 11.6 Å². The van der Waals surface area contributed by atoms with Crippen LogP contribution in [0.25, 0.3) is 0 Å². The fraction of sp³-hybridized carbons (Fsp3) is 0.292. The molecule has 0 unspecified atom stereocenters. The predicted octanol–water partition coefficient (Wildman–Crippen LogP) is 4.30. The van der Waals surface area contributed by atoms with Crippen LogP contribution in [0, 0.1) is 0 Å². The summed E-state index contributed by atoms with van der Waals surface area (Å²) in [5.41, 5.74) is 3.16. The van der Waals surface area contributed by atoms with Crippen LogP contribution in [0.5, 0.6) is 5.75 Å². The van der Waals surface area contributed by atoms with Crippen molar-refractivity contribution in [2.24, 2.45) is 7.05 Å². The minimum Gasteiger partial charge on any atom is -0.486 e. The summed E-state index contributed by atoms with van der Waals surface area (Å²) in [6, 6.07) is 12.8. The molecular formula is C24H23FN2O3. The highest BCUT2D eigenvalue weighted by Crippen LogP contribution is 2.45. The molecule has 6 heteroatoms. The molecule has 1 aliphatic rings. The van der Waals surface area contributed by atoms with Crippen LogP contribution in [-0.2, 0) is 13.5 Å². The third-order valence-electron chi connectivity index (χ3n) is 5.47. The number of hydrogen-bond acceptors (Lipinski definition) is 4. The molecule has 2 atom stereocenters. The second-order valence-electron chi connectivity index (χ2n) is 7.54. The average Bonchev–Trinajstić information content (AvgIpc) is 3.35. The van der Waals surface area contributed by atoms with Crippen molar-refractivity contribution >= 4 is 11.6 Å². The quantitative estimate of drug-likeness (QED) is 0.549. The summed E-state index contributed by atoms with van der Waals surface area (Å²) >= 11 is 0. The maximum Gasteiger partial charge on any atom is 0.167 e. The van der Waals surface area contributed by atoms with Gasteiger partial charge >= 0.3 is 0 Å². The van der Waals surface area contributed by atoms with Gasteiger partial charge in [-0.3, -0.25) is 14.3 Å². The molecule has 2 aromatic carbocycles. The fourth-order valence-corrected chi connectivity index (χ4v) is 4.02. The Morgan fingerprint density at radius 3 is 2.57 bits per heavy atom. The molecule has 2 heterocycles. The van der Waals surface area contributed by atoms with Crippen molar-refractivity contribution in [3.8, 4) is 5.75 Å². The van der Waals surface area contributed by atoms with E-state index in [2.05, 4.69) is 5.10 Å². The zero-order valence-corrected chi connectivity index (χ0v) is 17.0. The Morgan fingerprint density at radius 2 is 1.93 bits per heavy atom. The number of rotatable bonds is 7. The fourth-order valence-electron chi connectivity index (χ4n) is 4.02. The Labute approximate surface area is 174 Å². The van der Waals surface area contributed by atoms with Crippen LogP contribution < -0.4 is 4.74 Å². The van der Waals surface area contributed by atoms with Crippen molar-refractivity contribution in [2.45, 2.75) is 31.8 Å². The summed E-state index contributed by atoms with van der Waals surface area (Å²) in [6.07, 6.45) is 3.16. The van der Waals surface area contributed by atoms with Gasteiger partial charge in [0.1, 0.15) is 18.5 Å². The molecular weight excluding hydrogens is 383 g/mol. The van der Waals surface area contributed by atoms with E-state index in [1.807, 2.05) is 30.3 Å². The van der Waals surface area contributed by atoms with Crippen molar-refractivity contribution in [3.05, 3.63) is 82.7 Å². The van der Waals surface area contributed by atoms with E-state index in [1.54, 1.807) is 43.2 Å². The van der Waals surface area contributed by atoms with E-state index in [0.29, 0.717) is 22.4 Å². The molecule has 1 aliphatic heterocycles. The molecule has 0 bridgehead atoms. The number of alkyl halides is 1. The zero-order valence-electron chi connectivity index (χ0n) is 17.0. The minimum atomic E-state index is -0.727. The standard InChI is InChI=1S/C24H23FN2O3/c1-3-20(28)18-10-17(21(29)9-15-13-26-27(2)14-15)11-19-23(16-7-5-4-6-8-16)22(12-25)30-24(18)19/h4-8,10-11,13-14,22-23H,3,9,12H2,1-2H3/t22-,23+/m0/s1. The Hall–Kier alpha value is -3.28. The van der Waals surface area contributed by atoms with Gasteiger partial charge in [-0.2, -0.15) is 5.10 Å². The smallest absolute Gasteiger partial charge is 0.167 e. The normalized spacial score (nSPS) is 17.4. The lowest BCUT2D eigenvalue weighted by molar-refractivity contribution is 0.0980. The first kappa shape index (κ1) is 20.0. The van der Waals surface area contributed by atoms with Crippen molar-refractivity contribution in [1.29, 1.82) is 0 Å². The topological polar surface area (TPSA) is 61.2 Å². The molecule has 0 spiro atoms. The van der Waals surface area contributed by atoms with E-state index in [9.17, 15) is 14.0 Å². The van der Waals surface area contributed by atoms with Gasteiger partial charge in [0.2, 0.25) is 0 Å². The third kappa shape index (κ3) is 3.65. The molecule has 0 saturated heterocycles. The first-order chi connectivity index (χ1) is 14.5. The molecule has 0 fully saturated rings. The van der Waals surface area contributed by atoms with Crippen LogP contribution in [0.2, 0.25) is 0 Å². The molecule has 3 aromatic rings. The van der Waals surface area contributed by atoms with Gasteiger partial charge in [0.05, 0.1) is 17.7 Å². The number of benzene rings is 2. The number of halogens is 1. The molecule has 0 aliphatic carbocycles. The molecule has 0 radical (unpaired) electrons. The van der Waals surface area contributed by atoms with E-state index in [-0.39, 0.29) is 30.3 Å². The molecule has 0 saturated carbocycles. The van der Waals surface area contributed by atoms with Crippen LogP contribution in [0.4, 0.5) is 4.39 Å². The lowest BCUT2D eigenvalue weighted by Crippen LogP contribution is -2.22. The second-order valence-corrected chi connectivity index (χ2v) is 7.54. The Kier molecular flexibility index (Phi) is 5.48. The second kappa shape index (κ2) is 8.22. The monoisotopic (exact) mass is 406 g/mol. The van der Waals surface area contributed by atoms with Crippen LogP contribution in [0.1, 0.15) is 56.7 Å². The molecule has 154 valence electrons. The van der Waals surface area contributed by atoms with Crippen LogP contribution in [0.15, 0.2) is 54.9 Å². The van der Waals surface area contributed by atoms with Crippen LogP contribution in [-0.4, -0.2) is 34.1 Å². The maximum atomic E-state index is 13.9. The van der Waals surface area contributed by atoms with E-state index in [0.717, 1.165) is 11.1 Å². The molecule has 0 amide bonds. The number of nitrogens with zero attached hydrogens (tertiary/aromatic N) is 2. The minimum absolute atomic E-state index is 0.119. The zero-order chi connectivity index (χ0) is 21.3. The number of Topliss-reactive ketones (excluding diaryl/α,β-unsaturated/α-hetero) is 2. The van der Waals surface area contributed by atoms with E-state index in [1.165, 1.54) is 0 Å². The summed E-state index contributed by atoms with van der Waals surface area (Å²) in [5.74, 6) is -0.225. The maximum absolute atomic E-state index is 13.9. The number of hydrogen-bond donors (Lipinski definition) is 0. The largest absolute Gasteiger partial charge is 0.486 e. The Bertz CT molecular complexity index is 1090. The lowest BCUT2D eigenvalue weighted by atomic mass is 9.85. The van der Waals surface area contributed by atoms with Gasteiger partial charge in [-0.05, 0) is 23.3 Å². The van der Waals surface area contributed by atoms with Crippen molar-refractivity contribution < 1.29 is 18.7 Å². The number of aromatic nitrogens is 2. The Balaban J connectivity index is 1.81. The van der Waals surface area contributed by atoms with Gasteiger partial charge in [-0.25, -0.2) is 4.39 Å². The van der Waals surface area contributed by atoms with Gasteiger partial charge in [0.25, 0.3) is 0 Å².